The summed E-state index contributed by atoms with van der Waals surface area (Å²) in [6.07, 6.45) is 3.38. The Morgan fingerprint density at radius 2 is 2.27 bits per heavy atom. The Kier molecular flexibility index (Phi) is 3.86. The van der Waals surface area contributed by atoms with Crippen molar-refractivity contribution in [3.63, 3.8) is 0 Å². The maximum absolute atomic E-state index is 11.3. The zero-order valence-electron chi connectivity index (χ0n) is 7.61. The molecule has 0 rings (SSSR count). The summed E-state index contributed by atoms with van der Waals surface area (Å²) < 4.78 is 0. The highest BCUT2D eigenvalue weighted by atomic mass is 16.2. The van der Waals surface area contributed by atoms with Gasteiger partial charge in [-0.1, -0.05) is 19.9 Å². The number of hydrogen-bond acceptors (Lipinski definition) is 1. The number of rotatable bonds is 4. The number of allylic oxidation sites excluding steroid dienone is 1. The van der Waals surface area contributed by atoms with Crippen molar-refractivity contribution in [2.24, 2.45) is 5.41 Å². The molecule has 64 valence electrons. The summed E-state index contributed by atoms with van der Waals surface area (Å²) in [5.74, 6) is 0.0971. The molecule has 1 N–H and O–H groups in total. The molecule has 0 unspecified atom stereocenters. The minimum absolute atomic E-state index is 0.0971. The van der Waals surface area contributed by atoms with Crippen LogP contribution in [0.25, 0.3) is 0 Å². The van der Waals surface area contributed by atoms with E-state index in [0.717, 1.165) is 12.8 Å². The number of carbonyl (C=O) groups excluding carboxylic acids is 1. The Bertz CT molecular complexity index is 154. The highest BCUT2D eigenvalue weighted by Crippen LogP contribution is 2.25. The van der Waals surface area contributed by atoms with Crippen LogP contribution in [0.4, 0.5) is 0 Å². The average molecular weight is 155 g/mol. The molecule has 0 aliphatic heterocycles. The summed E-state index contributed by atoms with van der Waals surface area (Å²) in [5.41, 5.74) is -0.267. The third kappa shape index (κ3) is 2.37. The van der Waals surface area contributed by atoms with Crippen LogP contribution in [-0.2, 0) is 4.79 Å². The molecule has 2 nitrogen and oxygen atoms in total. The van der Waals surface area contributed by atoms with Crippen LogP contribution in [0.5, 0.6) is 0 Å². The zero-order valence-corrected chi connectivity index (χ0v) is 7.61. The van der Waals surface area contributed by atoms with Gasteiger partial charge in [0, 0.05) is 12.5 Å². The maximum Gasteiger partial charge on any atom is 0.225 e. The Labute approximate surface area is 68.7 Å². The minimum Gasteiger partial charge on any atom is -0.359 e. The first kappa shape index (κ1) is 10.2. The molecule has 0 aromatic rings. The lowest BCUT2D eigenvalue weighted by molar-refractivity contribution is -0.129. The van der Waals surface area contributed by atoms with Crippen molar-refractivity contribution < 1.29 is 4.79 Å². The van der Waals surface area contributed by atoms with Crippen LogP contribution in [0, 0.1) is 5.41 Å². The molecule has 0 bridgehead atoms. The van der Waals surface area contributed by atoms with Crippen LogP contribution >= 0.6 is 0 Å². The van der Waals surface area contributed by atoms with Gasteiger partial charge in [-0.25, -0.2) is 0 Å². The van der Waals surface area contributed by atoms with Gasteiger partial charge in [0.25, 0.3) is 0 Å². The molecule has 0 aromatic heterocycles. The molecule has 1 atom stereocenters. The van der Waals surface area contributed by atoms with Gasteiger partial charge in [0.1, 0.15) is 0 Å². The van der Waals surface area contributed by atoms with E-state index in [0.29, 0.717) is 0 Å². The topological polar surface area (TPSA) is 29.1 Å². The quantitative estimate of drug-likeness (QED) is 0.615. The molecule has 0 saturated carbocycles. The third-order valence-electron chi connectivity index (χ3n) is 2.15. The first-order valence-corrected chi connectivity index (χ1v) is 3.93. The number of hydrogen-bond donors (Lipinski definition) is 1. The van der Waals surface area contributed by atoms with Crippen molar-refractivity contribution in [2.45, 2.75) is 26.7 Å². The fourth-order valence-corrected chi connectivity index (χ4v) is 1.02. The highest BCUT2D eigenvalue weighted by Gasteiger charge is 2.28. The molecule has 0 fully saturated rings. The second-order valence-corrected chi connectivity index (χ2v) is 2.99. The molecule has 0 heterocycles. The molecule has 0 aliphatic carbocycles. The van der Waals surface area contributed by atoms with Crippen LogP contribution in [0.3, 0.4) is 0 Å². The number of nitrogens with one attached hydrogen (secondary N) is 1. The lowest BCUT2D eigenvalue weighted by atomic mass is 9.83. The van der Waals surface area contributed by atoms with E-state index in [1.807, 2.05) is 13.8 Å². The predicted molar refractivity (Wildman–Crippen MR) is 47.3 cm³/mol. The number of amides is 1. The Morgan fingerprint density at radius 3 is 2.55 bits per heavy atom. The number of carbonyl (C=O) groups is 1. The third-order valence-corrected chi connectivity index (χ3v) is 2.15. The molecule has 11 heavy (non-hydrogen) atoms. The van der Waals surface area contributed by atoms with E-state index in [-0.39, 0.29) is 11.3 Å². The first-order valence-electron chi connectivity index (χ1n) is 3.93. The van der Waals surface area contributed by atoms with Crippen LogP contribution in [-0.4, -0.2) is 13.0 Å². The zero-order chi connectivity index (χ0) is 8.91. The minimum atomic E-state index is -0.267. The van der Waals surface area contributed by atoms with Crippen LogP contribution in [0.1, 0.15) is 26.7 Å². The van der Waals surface area contributed by atoms with Crippen molar-refractivity contribution >= 4 is 5.91 Å². The average Bonchev–Trinajstić information content (AvgIpc) is 2.03. The van der Waals surface area contributed by atoms with E-state index in [1.54, 1.807) is 13.1 Å². The fraction of sp³-hybridized carbons (Fsp3) is 0.667. The Balaban J connectivity index is 4.31. The van der Waals surface area contributed by atoms with Crippen molar-refractivity contribution in [2.75, 3.05) is 7.05 Å². The van der Waals surface area contributed by atoms with Crippen molar-refractivity contribution in [1.29, 1.82) is 0 Å². The Hall–Kier alpha value is -0.790. The predicted octanol–water partition coefficient (Wildman–Crippen LogP) is 1.72. The van der Waals surface area contributed by atoms with Gasteiger partial charge in [0.2, 0.25) is 5.91 Å². The maximum atomic E-state index is 11.3. The lowest BCUT2D eigenvalue weighted by Crippen LogP contribution is -2.35. The molecule has 1 amide bonds. The van der Waals surface area contributed by atoms with E-state index in [4.69, 9.17) is 0 Å². The SMILES string of the molecule is C=CC[C@](C)(CC)C(=O)NC. The summed E-state index contributed by atoms with van der Waals surface area (Å²) in [5, 5.41) is 2.65. The lowest BCUT2D eigenvalue weighted by Gasteiger charge is -2.24. The van der Waals surface area contributed by atoms with E-state index < -0.39 is 0 Å². The van der Waals surface area contributed by atoms with Crippen LogP contribution in [0.2, 0.25) is 0 Å². The molecule has 2 heteroatoms. The largest absolute Gasteiger partial charge is 0.359 e. The summed E-state index contributed by atoms with van der Waals surface area (Å²) in [4.78, 5) is 11.3. The van der Waals surface area contributed by atoms with Crippen LogP contribution < -0.4 is 5.32 Å². The van der Waals surface area contributed by atoms with E-state index in [9.17, 15) is 4.79 Å². The smallest absolute Gasteiger partial charge is 0.225 e. The van der Waals surface area contributed by atoms with E-state index in [2.05, 4.69) is 11.9 Å². The second-order valence-electron chi connectivity index (χ2n) is 2.99. The van der Waals surface area contributed by atoms with E-state index in [1.165, 1.54) is 0 Å². The van der Waals surface area contributed by atoms with Gasteiger partial charge in [-0.05, 0) is 12.8 Å². The molecular weight excluding hydrogens is 138 g/mol. The summed E-state index contributed by atoms with van der Waals surface area (Å²) in [6, 6.07) is 0. The second kappa shape index (κ2) is 4.16. The van der Waals surface area contributed by atoms with Crippen molar-refractivity contribution in [3.8, 4) is 0 Å². The monoisotopic (exact) mass is 155 g/mol. The highest BCUT2D eigenvalue weighted by molar-refractivity contribution is 5.81. The van der Waals surface area contributed by atoms with Crippen molar-refractivity contribution in [3.05, 3.63) is 12.7 Å². The molecule has 0 radical (unpaired) electrons. The van der Waals surface area contributed by atoms with E-state index >= 15 is 0 Å². The van der Waals surface area contributed by atoms with Gasteiger partial charge in [0.05, 0.1) is 0 Å². The van der Waals surface area contributed by atoms with Gasteiger partial charge in [-0.15, -0.1) is 6.58 Å². The fourth-order valence-electron chi connectivity index (χ4n) is 1.02. The summed E-state index contributed by atoms with van der Waals surface area (Å²) >= 11 is 0. The standard InChI is InChI=1S/C9H17NO/c1-5-7-9(3,6-2)8(11)10-4/h5H,1,6-7H2,2-4H3,(H,10,11)/t9-/m0/s1. The summed E-state index contributed by atoms with van der Waals surface area (Å²) in [6.45, 7) is 7.59. The molecule has 0 aliphatic rings. The van der Waals surface area contributed by atoms with Gasteiger partial charge >= 0.3 is 0 Å². The Morgan fingerprint density at radius 1 is 1.73 bits per heavy atom. The normalized spacial score (nSPS) is 15.2. The van der Waals surface area contributed by atoms with Gasteiger partial charge in [0.15, 0.2) is 0 Å². The van der Waals surface area contributed by atoms with Gasteiger partial charge in [-0.2, -0.15) is 0 Å². The molecule has 0 saturated heterocycles. The molecular formula is C9H17NO. The van der Waals surface area contributed by atoms with Crippen LogP contribution in [0.15, 0.2) is 12.7 Å². The van der Waals surface area contributed by atoms with Crippen molar-refractivity contribution in [1.82, 2.24) is 5.32 Å². The summed E-state index contributed by atoms with van der Waals surface area (Å²) in [7, 11) is 1.67. The molecule has 0 spiro atoms. The van der Waals surface area contributed by atoms with Gasteiger partial charge < -0.3 is 5.32 Å². The van der Waals surface area contributed by atoms with Gasteiger partial charge in [-0.3, -0.25) is 4.79 Å². The molecule has 0 aromatic carbocycles. The first-order chi connectivity index (χ1) is 5.10.